The predicted octanol–water partition coefficient (Wildman–Crippen LogP) is 3.64. The van der Waals surface area contributed by atoms with Crippen LogP contribution >= 0.6 is 0 Å². The molecule has 0 amide bonds. The van der Waals surface area contributed by atoms with Crippen LogP contribution in [-0.2, 0) is 0 Å². The highest BCUT2D eigenvalue weighted by atomic mass is 14.9. The molecule has 0 heterocycles. The largest absolute Gasteiger partial charge is 0.307 e. The minimum atomic E-state index is 0.285. The Kier molecular flexibility index (Phi) is 5.18. The first kappa shape index (κ1) is 13.7. The molecule has 0 aliphatic rings. The van der Waals surface area contributed by atoms with Crippen molar-refractivity contribution in [1.82, 2.24) is 5.32 Å². The van der Waals surface area contributed by atoms with Gasteiger partial charge < -0.3 is 5.32 Å². The maximum atomic E-state index is 8.88. The lowest BCUT2D eigenvalue weighted by Crippen LogP contribution is -2.33. The fraction of sp³-hybridized carbons (Fsp3) is 0.533. The third-order valence-corrected chi connectivity index (χ3v) is 3.53. The molecular formula is C15H22N2. The van der Waals surface area contributed by atoms with Crippen molar-refractivity contribution in [2.45, 2.75) is 46.2 Å². The summed E-state index contributed by atoms with van der Waals surface area (Å²) >= 11 is 0. The van der Waals surface area contributed by atoms with E-state index in [1.165, 1.54) is 12.0 Å². The van der Waals surface area contributed by atoms with Gasteiger partial charge in [-0.05, 0) is 37.5 Å². The molecule has 2 heteroatoms. The number of nitriles is 1. The van der Waals surface area contributed by atoms with E-state index in [1.54, 1.807) is 0 Å². The predicted molar refractivity (Wildman–Crippen MR) is 71.6 cm³/mol. The van der Waals surface area contributed by atoms with Gasteiger partial charge in [-0.3, -0.25) is 0 Å². The van der Waals surface area contributed by atoms with Crippen LogP contribution in [0.15, 0.2) is 24.3 Å². The van der Waals surface area contributed by atoms with E-state index in [0.717, 1.165) is 5.56 Å². The van der Waals surface area contributed by atoms with Crippen molar-refractivity contribution in [1.29, 1.82) is 5.26 Å². The van der Waals surface area contributed by atoms with Gasteiger partial charge in [0.1, 0.15) is 0 Å². The van der Waals surface area contributed by atoms with E-state index in [-0.39, 0.29) is 6.04 Å². The van der Waals surface area contributed by atoms with Crippen LogP contribution in [0.2, 0.25) is 0 Å². The molecule has 0 spiro atoms. The monoisotopic (exact) mass is 230 g/mol. The molecule has 1 rings (SSSR count). The van der Waals surface area contributed by atoms with Crippen LogP contribution in [0.5, 0.6) is 0 Å². The second-order valence-corrected chi connectivity index (χ2v) is 4.80. The highest BCUT2D eigenvalue weighted by Gasteiger charge is 2.14. The zero-order valence-corrected chi connectivity index (χ0v) is 11.2. The summed E-state index contributed by atoms with van der Waals surface area (Å²) in [5.74, 6) is 0.664. The number of nitrogens with zero attached hydrogens (tertiary/aromatic N) is 1. The van der Waals surface area contributed by atoms with Crippen molar-refractivity contribution in [2.24, 2.45) is 5.92 Å². The molecule has 17 heavy (non-hydrogen) atoms. The van der Waals surface area contributed by atoms with E-state index in [2.05, 4.69) is 45.1 Å². The Hall–Kier alpha value is -1.33. The van der Waals surface area contributed by atoms with Crippen LogP contribution in [0.3, 0.4) is 0 Å². The van der Waals surface area contributed by atoms with Crippen molar-refractivity contribution in [3.05, 3.63) is 35.4 Å². The quantitative estimate of drug-likeness (QED) is 0.838. The summed E-state index contributed by atoms with van der Waals surface area (Å²) in [5.41, 5.74) is 1.91. The normalized spacial score (nSPS) is 15.9. The van der Waals surface area contributed by atoms with E-state index < -0.39 is 0 Å². The summed E-state index contributed by atoms with van der Waals surface area (Å²) in [6, 6.07) is 10.8. The van der Waals surface area contributed by atoms with Crippen molar-refractivity contribution < 1.29 is 0 Å². The van der Waals surface area contributed by atoms with Crippen LogP contribution < -0.4 is 5.32 Å². The molecule has 0 bridgehead atoms. The number of benzene rings is 1. The number of hydrogen-bond donors (Lipinski definition) is 1. The lowest BCUT2D eigenvalue weighted by molar-refractivity contribution is 0.360. The van der Waals surface area contributed by atoms with Crippen LogP contribution in [0, 0.1) is 17.2 Å². The number of rotatable bonds is 5. The van der Waals surface area contributed by atoms with Crippen LogP contribution in [0.25, 0.3) is 0 Å². The summed E-state index contributed by atoms with van der Waals surface area (Å²) in [4.78, 5) is 0. The fourth-order valence-corrected chi connectivity index (χ4v) is 1.89. The second-order valence-electron chi connectivity index (χ2n) is 4.80. The first-order valence-corrected chi connectivity index (χ1v) is 6.34. The second kappa shape index (κ2) is 6.42. The Morgan fingerprint density at radius 2 is 2.00 bits per heavy atom. The average Bonchev–Trinajstić information content (AvgIpc) is 2.37. The lowest BCUT2D eigenvalue weighted by Gasteiger charge is -2.24. The molecule has 3 unspecified atom stereocenters. The number of hydrogen-bond acceptors (Lipinski definition) is 2. The van der Waals surface area contributed by atoms with Gasteiger partial charge in [-0.15, -0.1) is 0 Å². The molecule has 0 aromatic heterocycles. The van der Waals surface area contributed by atoms with Gasteiger partial charge in [0.15, 0.2) is 0 Å². The summed E-state index contributed by atoms with van der Waals surface area (Å²) in [5, 5.41) is 12.5. The van der Waals surface area contributed by atoms with Crippen molar-refractivity contribution in [3.63, 3.8) is 0 Å². The molecule has 92 valence electrons. The zero-order valence-electron chi connectivity index (χ0n) is 11.2. The Morgan fingerprint density at radius 3 is 2.59 bits per heavy atom. The molecule has 1 N–H and O–H groups in total. The molecule has 2 nitrogen and oxygen atoms in total. The van der Waals surface area contributed by atoms with Gasteiger partial charge in [0.2, 0.25) is 0 Å². The summed E-state index contributed by atoms with van der Waals surface area (Å²) in [6.07, 6.45) is 1.18. The molecule has 0 aliphatic carbocycles. The van der Waals surface area contributed by atoms with E-state index in [9.17, 15) is 0 Å². The van der Waals surface area contributed by atoms with Crippen LogP contribution in [0.1, 0.15) is 51.3 Å². The van der Waals surface area contributed by atoms with Gasteiger partial charge in [-0.2, -0.15) is 5.26 Å². The molecule has 0 saturated heterocycles. The van der Waals surface area contributed by atoms with Gasteiger partial charge >= 0.3 is 0 Å². The zero-order chi connectivity index (χ0) is 12.8. The Balaban J connectivity index is 2.69. The molecule has 3 atom stereocenters. The smallest absolute Gasteiger partial charge is 0.0991 e. The number of nitrogens with one attached hydrogen (secondary N) is 1. The third kappa shape index (κ3) is 3.87. The minimum Gasteiger partial charge on any atom is -0.307 e. The van der Waals surface area contributed by atoms with Gasteiger partial charge in [0.05, 0.1) is 11.6 Å². The molecule has 0 saturated carbocycles. The highest BCUT2D eigenvalue weighted by molar-refractivity contribution is 5.34. The molecule has 0 fully saturated rings. The SMILES string of the molecule is CCC(C)C(C)NC(C)c1cccc(C#N)c1. The lowest BCUT2D eigenvalue weighted by atomic mass is 9.98. The van der Waals surface area contributed by atoms with Gasteiger partial charge in [-0.25, -0.2) is 0 Å². The first-order valence-electron chi connectivity index (χ1n) is 6.34. The summed E-state index contributed by atoms with van der Waals surface area (Å²) < 4.78 is 0. The molecule has 1 aromatic rings. The topological polar surface area (TPSA) is 35.8 Å². The summed E-state index contributed by atoms with van der Waals surface area (Å²) in [7, 11) is 0. The van der Waals surface area contributed by atoms with Crippen molar-refractivity contribution >= 4 is 0 Å². The Labute approximate surface area is 105 Å². The minimum absolute atomic E-state index is 0.285. The molecular weight excluding hydrogens is 208 g/mol. The average molecular weight is 230 g/mol. The standard InChI is InChI=1S/C15H22N2/c1-5-11(2)12(3)17-13(4)15-8-6-7-14(9-15)10-16/h6-9,11-13,17H,5H2,1-4H3. The molecule has 0 aliphatic heterocycles. The third-order valence-electron chi connectivity index (χ3n) is 3.53. The van der Waals surface area contributed by atoms with E-state index in [1.807, 2.05) is 18.2 Å². The first-order chi connectivity index (χ1) is 8.08. The Bertz CT molecular complexity index is 392. The Morgan fingerprint density at radius 1 is 1.29 bits per heavy atom. The van der Waals surface area contributed by atoms with E-state index in [0.29, 0.717) is 12.0 Å². The van der Waals surface area contributed by atoms with Crippen LogP contribution in [-0.4, -0.2) is 6.04 Å². The van der Waals surface area contributed by atoms with Gasteiger partial charge in [0, 0.05) is 12.1 Å². The van der Waals surface area contributed by atoms with E-state index >= 15 is 0 Å². The molecule has 1 aromatic carbocycles. The molecule has 0 radical (unpaired) electrons. The maximum absolute atomic E-state index is 8.88. The highest BCUT2D eigenvalue weighted by Crippen LogP contribution is 2.17. The maximum Gasteiger partial charge on any atom is 0.0991 e. The van der Waals surface area contributed by atoms with Crippen LogP contribution in [0.4, 0.5) is 0 Å². The van der Waals surface area contributed by atoms with Gasteiger partial charge in [0.25, 0.3) is 0 Å². The van der Waals surface area contributed by atoms with Gasteiger partial charge in [-0.1, -0.05) is 32.4 Å². The fourth-order valence-electron chi connectivity index (χ4n) is 1.89. The summed E-state index contributed by atoms with van der Waals surface area (Å²) in [6.45, 7) is 8.84. The van der Waals surface area contributed by atoms with Crippen molar-refractivity contribution in [3.8, 4) is 6.07 Å². The van der Waals surface area contributed by atoms with E-state index in [4.69, 9.17) is 5.26 Å². The van der Waals surface area contributed by atoms with Crippen molar-refractivity contribution in [2.75, 3.05) is 0 Å².